The number of ether oxygens (including phenoxy) is 1. The molecule has 2 rings (SSSR count). The zero-order valence-corrected chi connectivity index (χ0v) is 17.2. The highest BCUT2D eigenvalue weighted by Gasteiger charge is 2.09. The summed E-state index contributed by atoms with van der Waals surface area (Å²) in [6, 6.07) is 17.0. The van der Waals surface area contributed by atoms with Crippen LogP contribution in [-0.4, -0.2) is 12.3 Å². The van der Waals surface area contributed by atoms with Crippen molar-refractivity contribution >= 4 is 11.4 Å². The van der Waals surface area contributed by atoms with Gasteiger partial charge < -0.3 is 10.5 Å². The van der Waals surface area contributed by atoms with E-state index in [1.807, 2.05) is 50.3 Å². The standard InChI is InChI=1S/C24H26N4O/c1-4-5-12-29-23-10-6-19(7-11-23)13-24(17(2)27)18(3)28-22-9-8-20(15-25)21(14-22)16-26/h6-11,14H,4-5,12-13,27H2,1-3H3. The third kappa shape index (κ3) is 6.23. The van der Waals surface area contributed by atoms with Gasteiger partial charge in [0.15, 0.2) is 0 Å². The van der Waals surface area contributed by atoms with E-state index in [-0.39, 0.29) is 0 Å². The van der Waals surface area contributed by atoms with Gasteiger partial charge in [-0.2, -0.15) is 10.5 Å². The maximum atomic E-state index is 9.20. The van der Waals surface area contributed by atoms with Gasteiger partial charge in [0.25, 0.3) is 0 Å². The Balaban J connectivity index is 2.20. The van der Waals surface area contributed by atoms with Crippen LogP contribution in [0.2, 0.25) is 0 Å². The molecule has 29 heavy (non-hydrogen) atoms. The van der Waals surface area contributed by atoms with Crippen molar-refractivity contribution in [2.24, 2.45) is 10.7 Å². The smallest absolute Gasteiger partial charge is 0.119 e. The number of nitrogens with two attached hydrogens (primary N) is 1. The first-order valence-corrected chi connectivity index (χ1v) is 9.65. The molecule has 2 aromatic rings. The minimum atomic E-state index is 0.315. The van der Waals surface area contributed by atoms with Gasteiger partial charge in [-0.15, -0.1) is 0 Å². The first-order chi connectivity index (χ1) is 14.0. The van der Waals surface area contributed by atoms with Gasteiger partial charge in [0.2, 0.25) is 0 Å². The van der Waals surface area contributed by atoms with Crippen molar-refractivity contribution in [1.82, 2.24) is 0 Å². The van der Waals surface area contributed by atoms with Crippen molar-refractivity contribution < 1.29 is 4.74 Å². The number of hydrogen-bond donors (Lipinski definition) is 1. The topological polar surface area (TPSA) is 95.2 Å². The Labute approximate surface area is 172 Å². The van der Waals surface area contributed by atoms with Crippen LogP contribution < -0.4 is 10.5 Å². The summed E-state index contributed by atoms with van der Waals surface area (Å²) in [5, 5.41) is 18.3. The molecule has 0 aliphatic carbocycles. The number of allylic oxidation sites excluding steroid dienone is 2. The molecule has 5 nitrogen and oxygen atoms in total. The predicted octanol–water partition coefficient (Wildman–Crippen LogP) is 5.18. The molecule has 0 amide bonds. The van der Waals surface area contributed by atoms with E-state index in [0.29, 0.717) is 28.9 Å². The first-order valence-electron chi connectivity index (χ1n) is 9.65. The Morgan fingerprint density at radius 3 is 2.31 bits per heavy atom. The van der Waals surface area contributed by atoms with Gasteiger partial charge in [-0.1, -0.05) is 25.5 Å². The van der Waals surface area contributed by atoms with Crippen LogP contribution in [0.1, 0.15) is 50.3 Å². The second kappa shape index (κ2) is 10.7. The highest BCUT2D eigenvalue weighted by Crippen LogP contribution is 2.21. The lowest BCUT2D eigenvalue weighted by molar-refractivity contribution is 0.309. The van der Waals surface area contributed by atoms with Gasteiger partial charge in [-0.3, -0.25) is 4.99 Å². The van der Waals surface area contributed by atoms with Crippen molar-refractivity contribution in [2.45, 2.75) is 40.0 Å². The molecule has 0 aliphatic rings. The van der Waals surface area contributed by atoms with Gasteiger partial charge in [0, 0.05) is 17.8 Å². The van der Waals surface area contributed by atoms with Crippen LogP contribution in [0.4, 0.5) is 5.69 Å². The Kier molecular flexibility index (Phi) is 8.00. The number of unbranched alkanes of at least 4 members (excludes halogenated alkanes) is 1. The quantitative estimate of drug-likeness (QED) is 0.499. The largest absolute Gasteiger partial charge is 0.494 e. The summed E-state index contributed by atoms with van der Waals surface area (Å²) in [6.07, 6.45) is 2.80. The van der Waals surface area contributed by atoms with E-state index >= 15 is 0 Å². The van der Waals surface area contributed by atoms with E-state index in [4.69, 9.17) is 15.7 Å². The minimum Gasteiger partial charge on any atom is -0.494 e. The molecule has 0 bridgehead atoms. The Morgan fingerprint density at radius 2 is 1.72 bits per heavy atom. The van der Waals surface area contributed by atoms with Crippen molar-refractivity contribution in [3.05, 3.63) is 70.4 Å². The monoisotopic (exact) mass is 386 g/mol. The van der Waals surface area contributed by atoms with E-state index in [2.05, 4.69) is 11.9 Å². The molecule has 0 heterocycles. The van der Waals surface area contributed by atoms with Crippen molar-refractivity contribution in [3.8, 4) is 17.9 Å². The van der Waals surface area contributed by atoms with Crippen LogP contribution >= 0.6 is 0 Å². The number of benzene rings is 2. The number of aliphatic imine (C=N–C) groups is 1. The van der Waals surface area contributed by atoms with Gasteiger partial charge in [0.05, 0.1) is 23.4 Å². The third-order valence-corrected chi connectivity index (χ3v) is 4.52. The summed E-state index contributed by atoms with van der Waals surface area (Å²) in [5.41, 5.74) is 10.9. The van der Waals surface area contributed by atoms with Crippen LogP contribution in [0.5, 0.6) is 5.75 Å². The molecule has 0 fully saturated rings. The molecule has 0 aromatic heterocycles. The van der Waals surface area contributed by atoms with Crippen molar-refractivity contribution in [1.29, 1.82) is 10.5 Å². The van der Waals surface area contributed by atoms with Gasteiger partial charge in [-0.25, -0.2) is 0 Å². The number of nitrogens with zero attached hydrogens (tertiary/aromatic N) is 3. The second-order valence-electron chi connectivity index (χ2n) is 6.84. The fourth-order valence-corrected chi connectivity index (χ4v) is 2.85. The molecule has 5 heteroatoms. The fourth-order valence-electron chi connectivity index (χ4n) is 2.85. The molecule has 148 valence electrons. The number of nitriles is 2. The van der Waals surface area contributed by atoms with Crippen LogP contribution in [0.15, 0.2) is 58.7 Å². The van der Waals surface area contributed by atoms with Crippen LogP contribution in [0.25, 0.3) is 0 Å². The van der Waals surface area contributed by atoms with E-state index in [9.17, 15) is 5.26 Å². The zero-order valence-electron chi connectivity index (χ0n) is 17.2. The molecular weight excluding hydrogens is 360 g/mol. The van der Waals surface area contributed by atoms with E-state index in [0.717, 1.165) is 42.0 Å². The zero-order chi connectivity index (χ0) is 21.2. The summed E-state index contributed by atoms with van der Waals surface area (Å²) in [5.74, 6) is 0.865. The highest BCUT2D eigenvalue weighted by molar-refractivity contribution is 6.00. The average molecular weight is 386 g/mol. The van der Waals surface area contributed by atoms with E-state index < -0.39 is 0 Å². The summed E-state index contributed by atoms with van der Waals surface area (Å²) in [6.45, 7) is 6.62. The maximum absolute atomic E-state index is 9.20. The Hall–Kier alpha value is -3.57. The summed E-state index contributed by atoms with van der Waals surface area (Å²) in [4.78, 5) is 4.62. The van der Waals surface area contributed by atoms with Crippen LogP contribution in [0, 0.1) is 22.7 Å². The molecule has 2 aromatic carbocycles. The number of rotatable bonds is 8. The summed E-state index contributed by atoms with van der Waals surface area (Å²) >= 11 is 0. The molecule has 2 N–H and O–H groups in total. The number of hydrogen-bond acceptors (Lipinski definition) is 5. The van der Waals surface area contributed by atoms with Gasteiger partial charge in [-0.05, 0) is 61.7 Å². The molecule has 0 saturated heterocycles. The molecule has 0 radical (unpaired) electrons. The molecule has 0 atom stereocenters. The normalized spacial score (nSPS) is 12.0. The van der Waals surface area contributed by atoms with Crippen molar-refractivity contribution in [2.75, 3.05) is 6.61 Å². The second-order valence-corrected chi connectivity index (χ2v) is 6.84. The van der Waals surface area contributed by atoms with Gasteiger partial charge in [0.1, 0.15) is 17.9 Å². The third-order valence-electron chi connectivity index (χ3n) is 4.52. The minimum absolute atomic E-state index is 0.315. The van der Waals surface area contributed by atoms with Gasteiger partial charge >= 0.3 is 0 Å². The molecular formula is C24H26N4O. The maximum Gasteiger partial charge on any atom is 0.119 e. The Morgan fingerprint density at radius 1 is 1.03 bits per heavy atom. The SMILES string of the molecule is CCCCOc1ccc(CC(C(C)=Nc2ccc(C#N)c(C#N)c2)=C(C)N)cc1. The lowest BCUT2D eigenvalue weighted by atomic mass is 9.99. The highest BCUT2D eigenvalue weighted by atomic mass is 16.5. The molecule has 0 aliphatic heterocycles. The van der Waals surface area contributed by atoms with Crippen LogP contribution in [-0.2, 0) is 6.42 Å². The van der Waals surface area contributed by atoms with E-state index in [1.165, 1.54) is 0 Å². The molecule has 0 unspecified atom stereocenters. The molecule has 0 spiro atoms. The van der Waals surface area contributed by atoms with Crippen LogP contribution in [0.3, 0.4) is 0 Å². The summed E-state index contributed by atoms with van der Waals surface area (Å²) < 4.78 is 5.71. The van der Waals surface area contributed by atoms with E-state index in [1.54, 1.807) is 18.2 Å². The lowest BCUT2D eigenvalue weighted by Crippen LogP contribution is -2.09. The predicted molar refractivity (Wildman–Crippen MR) is 116 cm³/mol. The summed E-state index contributed by atoms with van der Waals surface area (Å²) in [7, 11) is 0. The molecule has 0 saturated carbocycles. The van der Waals surface area contributed by atoms with Crippen molar-refractivity contribution in [3.63, 3.8) is 0 Å². The lowest BCUT2D eigenvalue weighted by Gasteiger charge is -2.11. The first kappa shape index (κ1) is 21.7. The Bertz CT molecular complexity index is 985. The average Bonchev–Trinajstić information content (AvgIpc) is 2.72. The fraction of sp³-hybridized carbons (Fsp3) is 0.292.